The molecule has 3 rings (SSSR count). The number of hydrogen-bond donors (Lipinski definition) is 1. The zero-order valence-corrected chi connectivity index (χ0v) is 16.0. The molecular formula is C16H13Cl2N3O5S. The highest BCUT2D eigenvalue weighted by molar-refractivity contribution is 7.93. The fraction of sp³-hybridized carbons (Fsp3) is 0.188. The Morgan fingerprint density at radius 1 is 1.15 bits per heavy atom. The van der Waals surface area contributed by atoms with Crippen LogP contribution in [0, 0.1) is 10.1 Å². The third-order valence-corrected chi connectivity index (χ3v) is 6.49. The number of rotatable bonds is 4. The van der Waals surface area contributed by atoms with Crippen LogP contribution in [-0.4, -0.2) is 31.5 Å². The molecule has 2 aromatic rings. The maximum Gasteiger partial charge on any atom is 0.270 e. The van der Waals surface area contributed by atoms with Gasteiger partial charge < -0.3 is 5.32 Å². The van der Waals surface area contributed by atoms with Gasteiger partial charge in [-0.3, -0.25) is 19.2 Å². The first-order valence-electron chi connectivity index (χ1n) is 7.74. The van der Waals surface area contributed by atoms with Crippen molar-refractivity contribution in [3.05, 3.63) is 62.1 Å². The molecule has 142 valence electrons. The Hall–Kier alpha value is -2.36. The van der Waals surface area contributed by atoms with Crippen LogP contribution in [0.3, 0.4) is 0 Å². The number of nitro groups is 1. The van der Waals surface area contributed by atoms with Crippen molar-refractivity contribution in [3.63, 3.8) is 0 Å². The lowest BCUT2D eigenvalue weighted by Crippen LogP contribution is -2.25. The van der Waals surface area contributed by atoms with E-state index in [1.807, 2.05) is 0 Å². The lowest BCUT2D eigenvalue weighted by atomic mass is 10.2. The van der Waals surface area contributed by atoms with Crippen LogP contribution in [0.25, 0.3) is 0 Å². The number of nitrogens with one attached hydrogen (secondary N) is 1. The van der Waals surface area contributed by atoms with Crippen LogP contribution in [0.1, 0.15) is 16.8 Å². The molecule has 27 heavy (non-hydrogen) atoms. The Labute approximate surface area is 164 Å². The second kappa shape index (κ2) is 7.34. The van der Waals surface area contributed by atoms with Crippen molar-refractivity contribution in [2.24, 2.45) is 0 Å². The van der Waals surface area contributed by atoms with Gasteiger partial charge in [0, 0.05) is 18.7 Å². The lowest BCUT2D eigenvalue weighted by molar-refractivity contribution is -0.384. The lowest BCUT2D eigenvalue weighted by Gasteiger charge is -2.18. The Balaban J connectivity index is 1.82. The number of hydrogen-bond acceptors (Lipinski definition) is 5. The number of carbonyl (C=O) groups is 1. The molecule has 1 amide bonds. The highest BCUT2D eigenvalue weighted by atomic mass is 35.5. The molecule has 1 aliphatic rings. The van der Waals surface area contributed by atoms with Gasteiger partial charge in [-0.2, -0.15) is 0 Å². The standard InChI is InChI=1S/C16H13Cl2N3O5S/c17-13-9-11(21(23)24)2-4-12(13)16(22)19-15-5-3-10(8-14(15)18)20-6-1-7-27(20,25)26/h2-5,8-9H,1,6-7H2,(H,19,22). The molecule has 1 N–H and O–H groups in total. The fourth-order valence-electron chi connectivity index (χ4n) is 2.68. The van der Waals surface area contributed by atoms with Crippen molar-refractivity contribution in [2.75, 3.05) is 21.9 Å². The van der Waals surface area contributed by atoms with Gasteiger partial charge in [0.2, 0.25) is 10.0 Å². The molecule has 0 unspecified atom stereocenters. The first-order valence-corrected chi connectivity index (χ1v) is 10.1. The van der Waals surface area contributed by atoms with Gasteiger partial charge in [-0.15, -0.1) is 0 Å². The number of sulfonamides is 1. The second-order valence-electron chi connectivity index (χ2n) is 5.78. The van der Waals surface area contributed by atoms with Gasteiger partial charge in [0.15, 0.2) is 0 Å². The number of amides is 1. The molecule has 0 spiro atoms. The maximum atomic E-state index is 12.4. The third-order valence-electron chi connectivity index (χ3n) is 4.00. The van der Waals surface area contributed by atoms with Crippen molar-refractivity contribution in [1.82, 2.24) is 0 Å². The van der Waals surface area contributed by atoms with Crippen LogP contribution in [0.5, 0.6) is 0 Å². The summed E-state index contributed by atoms with van der Waals surface area (Å²) in [5, 5.41) is 13.4. The van der Waals surface area contributed by atoms with Gasteiger partial charge in [-0.1, -0.05) is 23.2 Å². The van der Waals surface area contributed by atoms with E-state index in [9.17, 15) is 23.3 Å². The molecule has 0 bridgehead atoms. The Kier molecular flexibility index (Phi) is 5.27. The van der Waals surface area contributed by atoms with Crippen LogP contribution in [-0.2, 0) is 10.0 Å². The highest BCUT2D eigenvalue weighted by Gasteiger charge is 2.28. The summed E-state index contributed by atoms with van der Waals surface area (Å²) in [5.41, 5.74) is 0.496. The summed E-state index contributed by atoms with van der Waals surface area (Å²) < 4.78 is 25.2. The first kappa shape index (κ1) is 19.4. The Morgan fingerprint density at radius 3 is 2.44 bits per heavy atom. The van der Waals surface area contributed by atoms with Crippen LogP contribution < -0.4 is 9.62 Å². The molecular weight excluding hydrogens is 417 g/mol. The molecule has 0 aliphatic carbocycles. The van der Waals surface area contributed by atoms with E-state index in [-0.39, 0.29) is 32.7 Å². The van der Waals surface area contributed by atoms with E-state index in [2.05, 4.69) is 5.32 Å². The Morgan fingerprint density at radius 2 is 1.89 bits per heavy atom. The zero-order chi connectivity index (χ0) is 19.8. The smallest absolute Gasteiger partial charge is 0.270 e. The summed E-state index contributed by atoms with van der Waals surface area (Å²) in [7, 11) is -3.34. The number of halogens is 2. The van der Waals surface area contributed by atoms with E-state index in [4.69, 9.17) is 23.2 Å². The molecule has 2 aromatic carbocycles. The van der Waals surface area contributed by atoms with E-state index in [1.54, 1.807) is 6.07 Å². The second-order valence-corrected chi connectivity index (χ2v) is 8.61. The minimum Gasteiger partial charge on any atom is -0.321 e. The number of nitro benzene ring substituents is 1. The third kappa shape index (κ3) is 4.00. The fourth-order valence-corrected chi connectivity index (χ4v) is 4.72. The normalized spacial score (nSPS) is 15.6. The summed E-state index contributed by atoms with van der Waals surface area (Å²) in [6.07, 6.45) is 0.539. The quantitative estimate of drug-likeness (QED) is 0.588. The minimum absolute atomic E-state index is 0.0459. The van der Waals surface area contributed by atoms with Gasteiger partial charge in [-0.25, -0.2) is 8.42 Å². The molecule has 0 atom stereocenters. The number of non-ortho nitro benzene ring substituents is 1. The predicted molar refractivity (Wildman–Crippen MR) is 103 cm³/mol. The molecule has 1 fully saturated rings. The van der Waals surface area contributed by atoms with Crippen LogP contribution >= 0.6 is 23.2 Å². The number of nitrogens with zero attached hydrogens (tertiary/aromatic N) is 2. The van der Waals surface area contributed by atoms with Crippen molar-refractivity contribution in [1.29, 1.82) is 0 Å². The van der Waals surface area contributed by atoms with Crippen molar-refractivity contribution < 1.29 is 18.1 Å². The molecule has 8 nitrogen and oxygen atoms in total. The minimum atomic E-state index is -3.34. The number of benzene rings is 2. The van der Waals surface area contributed by atoms with Gasteiger partial charge >= 0.3 is 0 Å². The summed E-state index contributed by atoms with van der Waals surface area (Å²) >= 11 is 12.1. The van der Waals surface area contributed by atoms with E-state index in [1.165, 1.54) is 28.6 Å². The molecule has 1 aliphatic heterocycles. The van der Waals surface area contributed by atoms with Gasteiger partial charge in [0.05, 0.1) is 37.7 Å². The zero-order valence-electron chi connectivity index (χ0n) is 13.7. The molecule has 1 heterocycles. The summed E-state index contributed by atoms with van der Waals surface area (Å²) in [6.45, 7) is 0.378. The number of anilines is 2. The van der Waals surface area contributed by atoms with Crippen LogP contribution in [0.4, 0.5) is 17.1 Å². The van der Waals surface area contributed by atoms with E-state index >= 15 is 0 Å². The van der Waals surface area contributed by atoms with E-state index in [0.29, 0.717) is 18.7 Å². The predicted octanol–water partition coefficient (Wildman–Crippen LogP) is 3.69. The van der Waals surface area contributed by atoms with Gasteiger partial charge in [0.25, 0.3) is 11.6 Å². The molecule has 1 saturated heterocycles. The topological polar surface area (TPSA) is 110 Å². The molecule has 0 aromatic heterocycles. The van der Waals surface area contributed by atoms with Crippen LogP contribution in [0.2, 0.25) is 10.0 Å². The van der Waals surface area contributed by atoms with Gasteiger partial charge in [-0.05, 0) is 30.7 Å². The van der Waals surface area contributed by atoms with Gasteiger partial charge in [0.1, 0.15) is 0 Å². The summed E-state index contributed by atoms with van der Waals surface area (Å²) in [5.74, 6) is -0.514. The largest absolute Gasteiger partial charge is 0.321 e. The average Bonchev–Trinajstić information content (AvgIpc) is 2.95. The maximum absolute atomic E-state index is 12.4. The van der Waals surface area contributed by atoms with Crippen molar-refractivity contribution in [3.8, 4) is 0 Å². The average molecular weight is 430 g/mol. The summed E-state index contributed by atoms with van der Waals surface area (Å²) in [4.78, 5) is 22.5. The van der Waals surface area contributed by atoms with E-state index < -0.39 is 20.9 Å². The van der Waals surface area contributed by atoms with Crippen molar-refractivity contribution in [2.45, 2.75) is 6.42 Å². The highest BCUT2D eigenvalue weighted by Crippen LogP contribution is 2.32. The monoisotopic (exact) mass is 429 g/mol. The molecule has 0 saturated carbocycles. The van der Waals surface area contributed by atoms with Crippen LogP contribution in [0.15, 0.2) is 36.4 Å². The first-order chi connectivity index (χ1) is 12.7. The molecule has 11 heteroatoms. The number of carbonyl (C=O) groups excluding carboxylic acids is 1. The Bertz CT molecular complexity index is 1040. The molecule has 0 radical (unpaired) electrons. The SMILES string of the molecule is O=C(Nc1ccc(N2CCCS2(=O)=O)cc1Cl)c1ccc([N+](=O)[O-])cc1Cl. The van der Waals surface area contributed by atoms with Crippen molar-refractivity contribution >= 4 is 56.2 Å². The summed E-state index contributed by atoms with van der Waals surface area (Å²) in [6, 6.07) is 7.99. The van der Waals surface area contributed by atoms with E-state index in [0.717, 1.165) is 6.07 Å².